The van der Waals surface area contributed by atoms with Crippen molar-refractivity contribution in [2.75, 3.05) is 25.2 Å². The number of amides is 1. The van der Waals surface area contributed by atoms with Crippen LogP contribution in [0.4, 0.5) is 10.5 Å². The molecule has 0 radical (unpaired) electrons. The Morgan fingerprint density at radius 1 is 1.19 bits per heavy atom. The molecule has 0 spiro atoms. The fourth-order valence-corrected chi connectivity index (χ4v) is 5.46. The number of benzene rings is 2. The van der Waals surface area contributed by atoms with E-state index in [0.717, 1.165) is 22.4 Å². The van der Waals surface area contributed by atoms with Gasteiger partial charge in [0.05, 0.1) is 36.3 Å². The molecule has 214 valence electrons. The lowest BCUT2D eigenvalue weighted by Crippen LogP contribution is -2.32. The van der Waals surface area contributed by atoms with Gasteiger partial charge in [0.15, 0.2) is 5.15 Å². The van der Waals surface area contributed by atoms with Crippen LogP contribution in [0.25, 0.3) is 28.2 Å². The average molecular weight is 588 g/mol. The summed E-state index contributed by atoms with van der Waals surface area (Å²) in [6, 6.07) is 13.9. The second-order valence-corrected chi connectivity index (χ2v) is 10.2. The largest absolute Gasteiger partial charge is 0.465 e. The van der Waals surface area contributed by atoms with Crippen LogP contribution in [-0.4, -0.2) is 71.2 Å². The zero-order valence-electron chi connectivity index (χ0n) is 22.7. The van der Waals surface area contributed by atoms with E-state index in [-0.39, 0.29) is 29.9 Å². The van der Waals surface area contributed by atoms with Gasteiger partial charge in [-0.3, -0.25) is 14.3 Å². The third kappa shape index (κ3) is 5.03. The van der Waals surface area contributed by atoms with Gasteiger partial charge in [-0.2, -0.15) is 4.68 Å². The number of methoxy groups -OCH3 is 1. The van der Waals surface area contributed by atoms with E-state index in [1.807, 2.05) is 25.1 Å². The Hall–Kier alpha value is -4.88. The van der Waals surface area contributed by atoms with Gasteiger partial charge in [-0.1, -0.05) is 35.4 Å². The van der Waals surface area contributed by atoms with Crippen LogP contribution < -0.4 is 10.5 Å². The third-order valence-electron chi connectivity index (χ3n) is 7.21. The maximum atomic E-state index is 13.5. The number of tetrazole rings is 1. The van der Waals surface area contributed by atoms with E-state index in [4.69, 9.17) is 21.3 Å². The summed E-state index contributed by atoms with van der Waals surface area (Å²) >= 11 is 6.55. The lowest BCUT2D eigenvalue weighted by Gasteiger charge is -2.19. The maximum absolute atomic E-state index is 13.5. The summed E-state index contributed by atoms with van der Waals surface area (Å²) in [5.41, 5.74) is 4.64. The zero-order valence-corrected chi connectivity index (χ0v) is 23.5. The lowest BCUT2D eigenvalue weighted by molar-refractivity contribution is 0.186. The number of aromatic nitrogens is 8. The van der Waals surface area contributed by atoms with Crippen LogP contribution in [0, 0.1) is 6.92 Å². The molecule has 2 aromatic carbocycles. The number of nitrogens with zero attached hydrogens (tertiary/aromatic N) is 8. The number of carbonyl (C=O) groups is 1. The monoisotopic (exact) mass is 587 g/mol. The summed E-state index contributed by atoms with van der Waals surface area (Å²) in [5.74, 6) is 1.20. The molecule has 14 heteroatoms. The normalized spacial score (nSPS) is 14.2. The standard InChI is InChI=1S/C28H26ClN9O4/c1-16-3-8-21(37-15-30-34-35-37)19(13-16)20-14-24(39)38-22(9-10-23(38)31-20)27-32-25(26(29)33-27)17-4-6-18(7-5-17)36(28(40)41)11-12-42-2/h3-8,13-15,22H,9-12H2,1-2H3,(H,32,33)(H,40,41)/t22-/m0/s1. The van der Waals surface area contributed by atoms with Crippen LogP contribution >= 0.6 is 11.6 Å². The zero-order chi connectivity index (χ0) is 29.4. The van der Waals surface area contributed by atoms with Crippen molar-refractivity contribution in [1.29, 1.82) is 0 Å². The Morgan fingerprint density at radius 2 is 2.00 bits per heavy atom. The summed E-state index contributed by atoms with van der Waals surface area (Å²) < 4.78 is 8.21. The van der Waals surface area contributed by atoms with Crippen molar-refractivity contribution in [2.45, 2.75) is 25.8 Å². The van der Waals surface area contributed by atoms with Gasteiger partial charge in [-0.25, -0.2) is 14.8 Å². The van der Waals surface area contributed by atoms with Crippen LogP contribution in [-0.2, 0) is 11.2 Å². The molecule has 13 nitrogen and oxygen atoms in total. The molecule has 3 aromatic heterocycles. The summed E-state index contributed by atoms with van der Waals surface area (Å²) in [7, 11) is 1.52. The van der Waals surface area contributed by atoms with Gasteiger partial charge in [-0.05, 0) is 48.0 Å². The van der Waals surface area contributed by atoms with E-state index < -0.39 is 6.09 Å². The third-order valence-corrected chi connectivity index (χ3v) is 7.49. The minimum atomic E-state index is -1.07. The van der Waals surface area contributed by atoms with Crippen molar-refractivity contribution >= 4 is 23.4 Å². The molecule has 0 fully saturated rings. The minimum absolute atomic E-state index is 0.203. The van der Waals surface area contributed by atoms with Gasteiger partial charge in [0.2, 0.25) is 0 Å². The van der Waals surface area contributed by atoms with E-state index in [0.29, 0.717) is 41.6 Å². The molecule has 0 saturated carbocycles. The number of hydrogen-bond acceptors (Lipinski definition) is 8. The lowest BCUT2D eigenvalue weighted by atomic mass is 10.1. The molecule has 0 unspecified atom stereocenters. The van der Waals surface area contributed by atoms with Gasteiger partial charge in [-0.15, -0.1) is 5.10 Å². The van der Waals surface area contributed by atoms with E-state index in [1.54, 1.807) is 33.5 Å². The molecular weight excluding hydrogens is 562 g/mol. The van der Waals surface area contributed by atoms with Gasteiger partial charge in [0.25, 0.3) is 5.56 Å². The fourth-order valence-electron chi connectivity index (χ4n) is 5.21. The van der Waals surface area contributed by atoms with Crippen molar-refractivity contribution in [1.82, 2.24) is 39.7 Å². The second-order valence-electron chi connectivity index (χ2n) is 9.86. The topological polar surface area (TPSA) is 157 Å². The molecule has 0 bridgehead atoms. The van der Waals surface area contributed by atoms with Gasteiger partial charge in [0.1, 0.15) is 18.0 Å². The Balaban J connectivity index is 1.31. The molecule has 0 saturated heterocycles. The highest BCUT2D eigenvalue weighted by Crippen LogP contribution is 2.34. The number of aromatic amines is 1. The van der Waals surface area contributed by atoms with Crippen LogP contribution in [0.3, 0.4) is 0 Å². The maximum Gasteiger partial charge on any atom is 0.411 e. The van der Waals surface area contributed by atoms with Crippen LogP contribution in [0.1, 0.15) is 29.7 Å². The van der Waals surface area contributed by atoms with E-state index in [1.165, 1.54) is 24.4 Å². The molecule has 42 heavy (non-hydrogen) atoms. The number of halogens is 1. The highest BCUT2D eigenvalue weighted by atomic mass is 35.5. The van der Waals surface area contributed by atoms with Crippen molar-refractivity contribution in [3.05, 3.63) is 87.6 Å². The minimum Gasteiger partial charge on any atom is -0.465 e. The number of rotatable bonds is 8. The predicted octanol–water partition coefficient (Wildman–Crippen LogP) is 3.90. The first-order valence-corrected chi connectivity index (χ1v) is 13.5. The molecule has 1 aliphatic heterocycles. The number of hydrogen-bond donors (Lipinski definition) is 2. The predicted molar refractivity (Wildman–Crippen MR) is 154 cm³/mol. The summed E-state index contributed by atoms with van der Waals surface area (Å²) in [4.78, 5) is 39.1. The average Bonchev–Trinajstić information content (AvgIpc) is 3.74. The van der Waals surface area contributed by atoms with E-state index in [9.17, 15) is 14.7 Å². The van der Waals surface area contributed by atoms with Crippen molar-refractivity contribution in [3.63, 3.8) is 0 Å². The van der Waals surface area contributed by atoms with Gasteiger partial charge in [0, 0.05) is 36.4 Å². The molecule has 0 aliphatic carbocycles. The van der Waals surface area contributed by atoms with Crippen LogP contribution in [0.2, 0.25) is 5.15 Å². The quantitative estimate of drug-likeness (QED) is 0.275. The number of anilines is 1. The number of carboxylic acid groups (broad SMARTS) is 1. The second kappa shape index (κ2) is 11.2. The molecule has 6 rings (SSSR count). The number of aryl methyl sites for hydroxylation is 2. The SMILES string of the molecule is COCCN(C(=O)O)c1ccc(-c2[nH]c([C@@H]3CCc4nc(-c5cc(C)ccc5-n5cnnn5)cc(=O)n43)nc2Cl)cc1. The molecular formula is C28H26ClN9O4. The summed E-state index contributed by atoms with van der Waals surface area (Å²) in [5, 5.41) is 21.3. The Morgan fingerprint density at radius 3 is 2.71 bits per heavy atom. The number of ether oxygens (including phenoxy) is 1. The highest BCUT2D eigenvalue weighted by molar-refractivity contribution is 6.31. The fraction of sp³-hybridized carbons (Fsp3) is 0.250. The molecule has 1 aliphatic rings. The Labute approximate surface area is 244 Å². The van der Waals surface area contributed by atoms with Gasteiger partial charge >= 0.3 is 6.09 Å². The first kappa shape index (κ1) is 27.3. The number of imidazole rings is 1. The molecule has 4 heterocycles. The number of nitrogens with one attached hydrogen (secondary N) is 1. The first-order chi connectivity index (χ1) is 20.3. The van der Waals surface area contributed by atoms with Crippen LogP contribution in [0.15, 0.2) is 59.7 Å². The van der Waals surface area contributed by atoms with Crippen molar-refractivity contribution in [2.24, 2.45) is 0 Å². The van der Waals surface area contributed by atoms with E-state index >= 15 is 0 Å². The van der Waals surface area contributed by atoms with Crippen molar-refractivity contribution < 1.29 is 14.6 Å². The molecule has 1 atom stereocenters. The van der Waals surface area contributed by atoms with E-state index in [2.05, 4.69) is 25.5 Å². The number of fused-ring (bicyclic) bond motifs is 1. The molecule has 1 amide bonds. The Kier molecular flexibility index (Phi) is 7.27. The summed E-state index contributed by atoms with van der Waals surface area (Å²) in [6.07, 6.45) is 1.63. The smallest absolute Gasteiger partial charge is 0.411 e. The molecule has 2 N–H and O–H groups in total. The molecule has 5 aromatic rings. The highest BCUT2D eigenvalue weighted by Gasteiger charge is 2.30. The summed E-state index contributed by atoms with van der Waals surface area (Å²) in [6.45, 7) is 2.45. The Bertz CT molecular complexity index is 1820. The van der Waals surface area contributed by atoms with Crippen molar-refractivity contribution in [3.8, 4) is 28.2 Å². The van der Waals surface area contributed by atoms with Gasteiger partial charge < -0.3 is 14.8 Å². The number of H-pyrrole nitrogens is 1. The first-order valence-electron chi connectivity index (χ1n) is 13.2. The van der Waals surface area contributed by atoms with Crippen LogP contribution in [0.5, 0.6) is 0 Å².